The second-order valence-corrected chi connectivity index (χ2v) is 10.6. The summed E-state index contributed by atoms with van der Waals surface area (Å²) < 4.78 is 17.2. The lowest BCUT2D eigenvalue weighted by molar-refractivity contribution is -0.118. The van der Waals surface area contributed by atoms with E-state index >= 15 is 0 Å². The minimum atomic E-state index is -0.267. The van der Waals surface area contributed by atoms with Crippen molar-refractivity contribution in [2.45, 2.75) is 26.7 Å². The predicted molar refractivity (Wildman–Crippen MR) is 161 cm³/mol. The van der Waals surface area contributed by atoms with Gasteiger partial charge in [0.1, 0.15) is 5.75 Å². The van der Waals surface area contributed by atoms with E-state index in [-0.39, 0.29) is 24.3 Å². The summed E-state index contributed by atoms with van der Waals surface area (Å²) in [5, 5.41) is 2.93. The number of amides is 2. The molecule has 1 aliphatic rings. The Morgan fingerprint density at radius 1 is 1.05 bits per heavy atom. The van der Waals surface area contributed by atoms with Gasteiger partial charge in [-0.2, -0.15) is 0 Å². The maximum Gasteiger partial charge on any atom is 0.270 e. The summed E-state index contributed by atoms with van der Waals surface area (Å²) in [7, 11) is 1.59. The van der Waals surface area contributed by atoms with Gasteiger partial charge >= 0.3 is 0 Å². The predicted octanol–water partition coefficient (Wildman–Crippen LogP) is 6.64. The van der Waals surface area contributed by atoms with Crippen LogP contribution in [0.2, 0.25) is 0 Å². The number of nitrogens with zero attached hydrogens (tertiary/aromatic N) is 1. The van der Waals surface area contributed by atoms with Gasteiger partial charge in [0.25, 0.3) is 11.8 Å². The fourth-order valence-electron chi connectivity index (χ4n) is 4.02. The van der Waals surface area contributed by atoms with Crippen LogP contribution in [0.5, 0.6) is 17.2 Å². The van der Waals surface area contributed by atoms with Crippen LogP contribution in [0, 0.1) is 0 Å². The van der Waals surface area contributed by atoms with E-state index in [1.165, 1.54) is 16.7 Å². The van der Waals surface area contributed by atoms with Crippen molar-refractivity contribution in [3.8, 4) is 17.2 Å². The molecule has 202 valence electrons. The number of carbonyl (C=O) groups is 2. The molecule has 7 nitrogen and oxygen atoms in total. The van der Waals surface area contributed by atoms with E-state index in [2.05, 4.69) is 19.2 Å². The van der Waals surface area contributed by atoms with Crippen LogP contribution in [0.25, 0.3) is 6.08 Å². The van der Waals surface area contributed by atoms with Gasteiger partial charge in [-0.3, -0.25) is 14.5 Å². The molecule has 1 fully saturated rings. The molecule has 4 rings (SSSR count). The van der Waals surface area contributed by atoms with Crippen LogP contribution in [0.4, 0.5) is 11.4 Å². The monoisotopic (exact) mass is 562 g/mol. The van der Waals surface area contributed by atoms with Gasteiger partial charge in [0.05, 0.1) is 24.3 Å². The van der Waals surface area contributed by atoms with Crippen molar-refractivity contribution in [3.63, 3.8) is 0 Å². The number of carbonyl (C=O) groups excluding carboxylic acids is 2. The number of hydrogen-bond donors (Lipinski definition) is 1. The first-order valence-corrected chi connectivity index (χ1v) is 13.7. The summed E-state index contributed by atoms with van der Waals surface area (Å²) in [5.74, 6) is 1.42. The molecule has 2 amide bonds. The van der Waals surface area contributed by atoms with E-state index < -0.39 is 0 Å². The Kier molecular flexibility index (Phi) is 9.27. The number of rotatable bonds is 10. The highest BCUT2D eigenvalue weighted by Crippen LogP contribution is 2.37. The zero-order chi connectivity index (χ0) is 27.9. The summed E-state index contributed by atoms with van der Waals surface area (Å²) in [5.41, 5.74) is 3.25. The Morgan fingerprint density at radius 3 is 2.49 bits per heavy atom. The average molecular weight is 563 g/mol. The number of methoxy groups -OCH3 is 1. The van der Waals surface area contributed by atoms with Crippen molar-refractivity contribution >= 4 is 57.6 Å². The number of thioether (sulfide) groups is 1. The van der Waals surface area contributed by atoms with E-state index in [4.69, 9.17) is 26.4 Å². The van der Waals surface area contributed by atoms with E-state index in [1.54, 1.807) is 49.6 Å². The summed E-state index contributed by atoms with van der Waals surface area (Å²) in [6.45, 7) is 6.26. The average Bonchev–Trinajstić information content (AvgIpc) is 3.20. The standard InChI is InChI=1S/C30H30N2O5S2/c1-5-36-26-16-20(17-27-29(34)32(30(38)39-27)21-11-13-22(35-4)14-12-21)10-15-25(26)37-18-28(33)31-24-9-7-6-8-23(24)19(2)3/h6-17,19H,5,18H2,1-4H3,(H,31,33)/b27-17-. The topological polar surface area (TPSA) is 77.1 Å². The van der Waals surface area contributed by atoms with Crippen LogP contribution in [0.15, 0.2) is 71.6 Å². The SMILES string of the molecule is CCOc1cc(/C=C2\SC(=S)N(c3ccc(OC)cc3)C2=O)ccc1OCC(=O)Nc1ccccc1C(C)C. The summed E-state index contributed by atoms with van der Waals surface area (Å²) in [6.07, 6.45) is 1.77. The maximum atomic E-state index is 13.2. The first-order valence-electron chi connectivity index (χ1n) is 12.5. The molecule has 1 heterocycles. The first kappa shape index (κ1) is 28.2. The minimum Gasteiger partial charge on any atom is -0.497 e. The molecule has 9 heteroatoms. The van der Waals surface area contributed by atoms with Gasteiger partial charge in [-0.05, 0) is 72.5 Å². The Morgan fingerprint density at radius 2 is 1.79 bits per heavy atom. The maximum absolute atomic E-state index is 13.2. The molecule has 3 aromatic carbocycles. The molecule has 39 heavy (non-hydrogen) atoms. The molecule has 0 saturated carbocycles. The van der Waals surface area contributed by atoms with Gasteiger partial charge in [-0.25, -0.2) is 0 Å². The lowest BCUT2D eigenvalue weighted by Crippen LogP contribution is -2.27. The molecule has 3 aromatic rings. The lowest BCUT2D eigenvalue weighted by Gasteiger charge is -2.15. The second-order valence-electron chi connectivity index (χ2n) is 8.93. The van der Waals surface area contributed by atoms with Gasteiger partial charge in [0, 0.05) is 5.69 Å². The van der Waals surface area contributed by atoms with Gasteiger partial charge in [0.15, 0.2) is 22.4 Å². The molecular formula is C30H30N2O5S2. The number of hydrogen-bond acceptors (Lipinski definition) is 7. The molecule has 1 N–H and O–H groups in total. The fourth-order valence-corrected chi connectivity index (χ4v) is 5.32. The summed E-state index contributed by atoms with van der Waals surface area (Å²) in [4.78, 5) is 27.8. The van der Waals surface area contributed by atoms with E-state index in [9.17, 15) is 9.59 Å². The van der Waals surface area contributed by atoms with Crippen molar-refractivity contribution in [2.75, 3.05) is 30.5 Å². The Hall–Kier alpha value is -3.82. The highest BCUT2D eigenvalue weighted by atomic mass is 32.2. The molecule has 0 aliphatic carbocycles. The normalized spacial score (nSPS) is 14.2. The van der Waals surface area contributed by atoms with E-state index in [0.717, 1.165) is 16.8 Å². The van der Waals surface area contributed by atoms with Crippen LogP contribution in [-0.4, -0.2) is 36.5 Å². The van der Waals surface area contributed by atoms with E-state index in [1.807, 2.05) is 37.3 Å². The molecule has 1 aliphatic heterocycles. The number of thiocarbonyl (C=S) groups is 1. The third kappa shape index (κ3) is 6.79. The smallest absolute Gasteiger partial charge is 0.270 e. The van der Waals surface area contributed by atoms with E-state index in [0.29, 0.717) is 38.8 Å². The van der Waals surface area contributed by atoms with Gasteiger partial charge in [0.2, 0.25) is 0 Å². The van der Waals surface area contributed by atoms with Crippen LogP contribution in [0.3, 0.4) is 0 Å². The van der Waals surface area contributed by atoms with Gasteiger partial charge in [-0.1, -0.05) is 62.1 Å². The molecule has 0 radical (unpaired) electrons. The van der Waals surface area contributed by atoms with Crippen LogP contribution in [0.1, 0.15) is 37.8 Å². The third-order valence-electron chi connectivity index (χ3n) is 5.91. The van der Waals surface area contributed by atoms with Crippen molar-refractivity contribution in [2.24, 2.45) is 0 Å². The first-order chi connectivity index (χ1) is 18.8. The minimum absolute atomic E-state index is 0.174. The van der Waals surface area contributed by atoms with Crippen LogP contribution >= 0.6 is 24.0 Å². The number of anilines is 2. The second kappa shape index (κ2) is 12.8. The molecular weight excluding hydrogens is 532 g/mol. The quantitative estimate of drug-likeness (QED) is 0.219. The number of para-hydroxylation sites is 1. The third-order valence-corrected chi connectivity index (χ3v) is 7.21. The highest BCUT2D eigenvalue weighted by molar-refractivity contribution is 8.27. The molecule has 0 atom stereocenters. The van der Waals surface area contributed by atoms with Crippen LogP contribution < -0.4 is 24.4 Å². The van der Waals surface area contributed by atoms with Crippen molar-refractivity contribution in [1.82, 2.24) is 0 Å². The summed E-state index contributed by atoms with van der Waals surface area (Å²) >= 11 is 6.72. The lowest BCUT2D eigenvalue weighted by atomic mass is 10.0. The zero-order valence-electron chi connectivity index (χ0n) is 22.2. The van der Waals surface area contributed by atoms with Crippen molar-refractivity contribution in [1.29, 1.82) is 0 Å². The Bertz CT molecular complexity index is 1400. The van der Waals surface area contributed by atoms with Gasteiger partial charge in [-0.15, -0.1) is 0 Å². The number of benzene rings is 3. The molecule has 0 bridgehead atoms. The van der Waals surface area contributed by atoms with Crippen molar-refractivity contribution in [3.05, 3.63) is 82.8 Å². The number of nitrogens with one attached hydrogen (secondary N) is 1. The fraction of sp³-hybridized carbons (Fsp3) is 0.233. The largest absolute Gasteiger partial charge is 0.497 e. The summed E-state index contributed by atoms with van der Waals surface area (Å²) in [6, 6.07) is 20.2. The Balaban J connectivity index is 1.47. The highest BCUT2D eigenvalue weighted by Gasteiger charge is 2.33. The number of ether oxygens (including phenoxy) is 3. The van der Waals surface area contributed by atoms with Crippen LogP contribution in [-0.2, 0) is 9.59 Å². The molecule has 1 saturated heterocycles. The Labute approximate surface area is 238 Å². The van der Waals surface area contributed by atoms with Crippen molar-refractivity contribution < 1.29 is 23.8 Å². The molecule has 0 spiro atoms. The molecule has 0 unspecified atom stereocenters. The molecule has 0 aromatic heterocycles. The zero-order valence-corrected chi connectivity index (χ0v) is 23.9. The van der Waals surface area contributed by atoms with Gasteiger partial charge < -0.3 is 19.5 Å².